The summed E-state index contributed by atoms with van der Waals surface area (Å²) in [5.74, 6) is 0.136. The van der Waals surface area contributed by atoms with E-state index in [1.807, 2.05) is 4.68 Å². The Kier molecular flexibility index (Phi) is 4.75. The largest absolute Gasteiger partial charge is 0.378 e. The van der Waals surface area contributed by atoms with Crippen LogP contribution in [0.3, 0.4) is 0 Å². The van der Waals surface area contributed by atoms with Crippen molar-refractivity contribution in [1.82, 2.24) is 9.78 Å². The van der Waals surface area contributed by atoms with Gasteiger partial charge in [0.2, 0.25) is 0 Å². The summed E-state index contributed by atoms with van der Waals surface area (Å²) < 4.78 is 7.68. The zero-order chi connectivity index (χ0) is 13.8. The summed E-state index contributed by atoms with van der Waals surface area (Å²) >= 11 is 0. The normalized spacial score (nSPS) is 19.0. The second-order valence-corrected chi connectivity index (χ2v) is 5.18. The van der Waals surface area contributed by atoms with E-state index in [4.69, 9.17) is 4.74 Å². The Morgan fingerprint density at radius 3 is 2.74 bits per heavy atom. The Morgan fingerprint density at radius 2 is 2.21 bits per heavy atom. The van der Waals surface area contributed by atoms with Crippen LogP contribution in [0.1, 0.15) is 61.8 Å². The molecular weight excluding hydrogens is 240 g/mol. The predicted octanol–water partition coefficient (Wildman–Crippen LogP) is 2.78. The summed E-state index contributed by atoms with van der Waals surface area (Å²) in [6.45, 7) is 7.53. The van der Waals surface area contributed by atoms with Gasteiger partial charge in [0.1, 0.15) is 0 Å². The number of Topliss-reactive ketones (excluding diaryl/α,β-unsaturated/α-hetero) is 1. The van der Waals surface area contributed by atoms with Crippen LogP contribution >= 0.6 is 0 Å². The highest BCUT2D eigenvalue weighted by atomic mass is 16.5. The third-order valence-electron chi connectivity index (χ3n) is 3.84. The Balaban J connectivity index is 2.16. The number of ketones is 1. The maximum Gasteiger partial charge on any atom is 0.163 e. The molecular formula is C15H24N2O2. The molecule has 0 aromatic carbocycles. The zero-order valence-electron chi connectivity index (χ0n) is 12.2. The van der Waals surface area contributed by atoms with E-state index in [-0.39, 0.29) is 5.78 Å². The van der Waals surface area contributed by atoms with Gasteiger partial charge in [-0.3, -0.25) is 9.48 Å². The van der Waals surface area contributed by atoms with Crippen molar-refractivity contribution in [2.75, 3.05) is 6.61 Å². The van der Waals surface area contributed by atoms with Crippen molar-refractivity contribution in [3.05, 3.63) is 17.0 Å². The number of aryl methyl sites for hydroxylation is 2. The molecule has 1 aromatic heterocycles. The van der Waals surface area contributed by atoms with Gasteiger partial charge in [-0.25, -0.2) is 0 Å². The highest BCUT2D eigenvalue weighted by molar-refractivity contribution is 5.96. The van der Waals surface area contributed by atoms with Gasteiger partial charge in [-0.1, -0.05) is 13.8 Å². The summed E-state index contributed by atoms with van der Waals surface area (Å²) in [5.41, 5.74) is 2.87. The second kappa shape index (κ2) is 6.33. The number of hydrogen-bond donors (Lipinski definition) is 0. The number of hydrogen-bond acceptors (Lipinski definition) is 3. The molecule has 1 saturated heterocycles. The van der Waals surface area contributed by atoms with Crippen LogP contribution in [0.2, 0.25) is 0 Å². The lowest BCUT2D eigenvalue weighted by molar-refractivity contribution is 0.0991. The predicted molar refractivity (Wildman–Crippen MR) is 74.6 cm³/mol. The topological polar surface area (TPSA) is 44.1 Å². The minimum Gasteiger partial charge on any atom is -0.378 e. The molecule has 106 valence electrons. The summed E-state index contributed by atoms with van der Waals surface area (Å²) in [4.78, 5) is 11.8. The Morgan fingerprint density at radius 1 is 1.42 bits per heavy atom. The van der Waals surface area contributed by atoms with Gasteiger partial charge in [-0.2, -0.15) is 5.10 Å². The zero-order valence-corrected chi connectivity index (χ0v) is 12.2. The maximum absolute atomic E-state index is 11.8. The highest BCUT2D eigenvalue weighted by Crippen LogP contribution is 2.20. The number of aromatic nitrogens is 2. The van der Waals surface area contributed by atoms with Crippen molar-refractivity contribution in [2.45, 2.75) is 65.5 Å². The van der Waals surface area contributed by atoms with Gasteiger partial charge in [-0.15, -0.1) is 0 Å². The van der Waals surface area contributed by atoms with E-state index >= 15 is 0 Å². The van der Waals surface area contributed by atoms with Crippen molar-refractivity contribution < 1.29 is 9.53 Å². The van der Waals surface area contributed by atoms with Crippen molar-refractivity contribution in [2.24, 2.45) is 0 Å². The molecule has 0 bridgehead atoms. The van der Waals surface area contributed by atoms with Crippen LogP contribution in [0, 0.1) is 0 Å². The summed E-state index contributed by atoms with van der Waals surface area (Å²) in [7, 11) is 0. The van der Waals surface area contributed by atoms with Gasteiger partial charge in [0, 0.05) is 18.8 Å². The minimum absolute atomic E-state index is 0.136. The lowest BCUT2D eigenvalue weighted by atomic mass is 10.1. The summed E-state index contributed by atoms with van der Waals surface area (Å²) in [6.07, 6.45) is 5.36. The molecule has 0 radical (unpaired) electrons. The Labute approximate surface area is 115 Å². The van der Waals surface area contributed by atoms with Gasteiger partial charge < -0.3 is 4.74 Å². The summed E-state index contributed by atoms with van der Waals surface area (Å²) in [5, 5.41) is 4.62. The molecule has 4 nitrogen and oxygen atoms in total. The minimum atomic E-state index is 0.136. The van der Waals surface area contributed by atoms with Gasteiger partial charge in [0.25, 0.3) is 0 Å². The number of ether oxygens (including phenoxy) is 1. The summed E-state index contributed by atoms with van der Waals surface area (Å²) in [6, 6.07) is 0. The Bertz CT molecular complexity index is 445. The molecule has 0 saturated carbocycles. The fourth-order valence-electron chi connectivity index (χ4n) is 2.89. The van der Waals surface area contributed by atoms with Crippen molar-refractivity contribution >= 4 is 5.78 Å². The number of rotatable bonds is 6. The molecule has 0 spiro atoms. The molecule has 0 amide bonds. The molecule has 1 aromatic rings. The molecule has 0 aliphatic carbocycles. The van der Waals surface area contributed by atoms with Crippen molar-refractivity contribution in [3.63, 3.8) is 0 Å². The lowest BCUT2D eigenvalue weighted by Crippen LogP contribution is -2.13. The average molecular weight is 264 g/mol. The number of nitrogens with zero attached hydrogens (tertiary/aromatic N) is 2. The van der Waals surface area contributed by atoms with Crippen molar-refractivity contribution in [1.29, 1.82) is 0 Å². The van der Waals surface area contributed by atoms with E-state index in [2.05, 4.69) is 18.9 Å². The van der Waals surface area contributed by atoms with Crippen LogP contribution in [0.4, 0.5) is 0 Å². The molecule has 1 aliphatic heterocycles. The van der Waals surface area contributed by atoms with E-state index in [9.17, 15) is 4.79 Å². The molecule has 1 aliphatic rings. The average Bonchev–Trinajstić information content (AvgIpc) is 3.02. The third-order valence-corrected chi connectivity index (χ3v) is 3.84. The maximum atomic E-state index is 11.8. The molecule has 1 atom stereocenters. The SMILES string of the molecule is CCc1nn(CCC2CCCO2)c(CC)c1C(C)=O. The smallest absolute Gasteiger partial charge is 0.163 e. The second-order valence-electron chi connectivity index (χ2n) is 5.18. The van der Waals surface area contributed by atoms with E-state index in [0.29, 0.717) is 6.10 Å². The van der Waals surface area contributed by atoms with Crippen LogP contribution in [-0.4, -0.2) is 28.3 Å². The molecule has 0 N–H and O–H groups in total. The molecule has 1 fully saturated rings. The first kappa shape index (κ1) is 14.3. The van der Waals surface area contributed by atoms with E-state index in [1.165, 1.54) is 6.42 Å². The van der Waals surface area contributed by atoms with Crippen LogP contribution < -0.4 is 0 Å². The van der Waals surface area contributed by atoms with Gasteiger partial charge in [-0.05, 0) is 39.0 Å². The first-order chi connectivity index (χ1) is 9.17. The quantitative estimate of drug-likeness (QED) is 0.742. The first-order valence-electron chi connectivity index (χ1n) is 7.38. The van der Waals surface area contributed by atoms with E-state index in [0.717, 1.165) is 55.8 Å². The molecule has 2 rings (SSSR count). The molecule has 2 heterocycles. The monoisotopic (exact) mass is 264 g/mol. The van der Waals surface area contributed by atoms with Gasteiger partial charge in [0.05, 0.1) is 17.4 Å². The fraction of sp³-hybridized carbons (Fsp3) is 0.733. The molecule has 1 unspecified atom stereocenters. The third kappa shape index (κ3) is 3.06. The Hall–Kier alpha value is -1.16. The number of carbonyl (C=O) groups excluding carboxylic acids is 1. The number of carbonyl (C=O) groups is 1. The lowest BCUT2D eigenvalue weighted by Gasteiger charge is -2.11. The van der Waals surface area contributed by atoms with Crippen LogP contribution in [-0.2, 0) is 24.1 Å². The van der Waals surface area contributed by atoms with Crippen LogP contribution in [0.5, 0.6) is 0 Å². The van der Waals surface area contributed by atoms with Crippen LogP contribution in [0.25, 0.3) is 0 Å². The molecule has 4 heteroatoms. The first-order valence-corrected chi connectivity index (χ1v) is 7.38. The van der Waals surface area contributed by atoms with E-state index < -0.39 is 0 Å². The molecule has 19 heavy (non-hydrogen) atoms. The van der Waals surface area contributed by atoms with Crippen LogP contribution in [0.15, 0.2) is 0 Å². The van der Waals surface area contributed by atoms with Gasteiger partial charge in [0.15, 0.2) is 5.78 Å². The highest BCUT2D eigenvalue weighted by Gasteiger charge is 2.20. The standard InChI is InChI=1S/C15H24N2O2/c1-4-13-15(11(3)18)14(5-2)17(16-13)9-8-12-7-6-10-19-12/h12H,4-10H2,1-3H3. The van der Waals surface area contributed by atoms with Crippen molar-refractivity contribution in [3.8, 4) is 0 Å². The van der Waals surface area contributed by atoms with E-state index in [1.54, 1.807) is 6.92 Å². The fourth-order valence-corrected chi connectivity index (χ4v) is 2.89. The van der Waals surface area contributed by atoms with Gasteiger partial charge >= 0.3 is 0 Å².